The van der Waals surface area contributed by atoms with E-state index >= 15 is 0 Å². The number of carbonyl (C=O) groups excluding carboxylic acids is 1. The first-order valence-corrected chi connectivity index (χ1v) is 13.0. The van der Waals surface area contributed by atoms with Crippen molar-refractivity contribution in [1.82, 2.24) is 10.6 Å². The average molecular weight is 451 g/mol. The molecule has 0 aromatic rings. The molecule has 0 aliphatic heterocycles. The van der Waals surface area contributed by atoms with Crippen LogP contribution in [0.3, 0.4) is 0 Å². The van der Waals surface area contributed by atoms with Gasteiger partial charge in [0.05, 0.1) is 0 Å². The average Bonchev–Trinajstić information content (AvgIpc) is 2.72. The van der Waals surface area contributed by atoms with Crippen molar-refractivity contribution in [1.29, 1.82) is 0 Å². The van der Waals surface area contributed by atoms with Crippen LogP contribution in [-0.2, 0) is 4.79 Å². The quantitative estimate of drug-likeness (QED) is 0.167. The van der Waals surface area contributed by atoms with Gasteiger partial charge in [0.1, 0.15) is 0 Å². The maximum Gasteiger partial charge on any atom is 0.471 e. The van der Waals surface area contributed by atoms with E-state index in [1.54, 1.807) is 0 Å². The summed E-state index contributed by atoms with van der Waals surface area (Å²) in [6.45, 7) is 6.43. The Hall–Kier alpha value is -0.780. The van der Waals surface area contributed by atoms with Crippen LogP contribution in [0.25, 0.3) is 0 Å². The number of amides is 1. The molecule has 1 amide bonds. The third kappa shape index (κ3) is 20.9. The molecule has 3 nitrogen and oxygen atoms in total. The summed E-state index contributed by atoms with van der Waals surface area (Å²) in [6, 6.07) is 0. The molecular weight excluding hydrogens is 401 g/mol. The van der Waals surface area contributed by atoms with Gasteiger partial charge >= 0.3 is 12.1 Å². The van der Waals surface area contributed by atoms with Crippen molar-refractivity contribution in [2.45, 2.75) is 129 Å². The van der Waals surface area contributed by atoms with Crippen molar-refractivity contribution in [2.24, 2.45) is 5.92 Å². The molecule has 0 aliphatic carbocycles. The predicted molar refractivity (Wildman–Crippen MR) is 125 cm³/mol. The molecule has 0 radical (unpaired) electrons. The van der Waals surface area contributed by atoms with E-state index < -0.39 is 12.1 Å². The van der Waals surface area contributed by atoms with Crippen LogP contribution in [0.2, 0.25) is 0 Å². The lowest BCUT2D eigenvalue weighted by Crippen LogP contribution is -2.37. The second kappa shape index (κ2) is 21.1. The lowest BCUT2D eigenvalue weighted by molar-refractivity contribution is -0.173. The lowest BCUT2D eigenvalue weighted by Gasteiger charge is -2.18. The Morgan fingerprint density at radius 3 is 1.68 bits per heavy atom. The number of unbranched alkanes of at least 4 members (excludes halogenated alkanes) is 12. The number of hydrogen-bond acceptors (Lipinski definition) is 2. The molecule has 0 aromatic heterocycles. The van der Waals surface area contributed by atoms with Gasteiger partial charge in [-0.3, -0.25) is 4.79 Å². The van der Waals surface area contributed by atoms with Gasteiger partial charge in [-0.05, 0) is 38.3 Å². The molecule has 0 spiro atoms. The third-order valence-electron chi connectivity index (χ3n) is 6.00. The van der Waals surface area contributed by atoms with Crippen LogP contribution in [0.1, 0.15) is 123 Å². The van der Waals surface area contributed by atoms with Gasteiger partial charge in [0.2, 0.25) is 0 Å². The molecule has 0 bridgehead atoms. The van der Waals surface area contributed by atoms with E-state index in [2.05, 4.69) is 19.2 Å². The molecule has 2 N–H and O–H groups in total. The van der Waals surface area contributed by atoms with Crippen LogP contribution >= 0.6 is 0 Å². The second-order valence-electron chi connectivity index (χ2n) is 8.98. The van der Waals surface area contributed by atoms with E-state index in [1.165, 1.54) is 70.6 Å². The number of hydrogen-bond donors (Lipinski definition) is 2. The normalized spacial score (nSPS) is 12.8. The third-order valence-corrected chi connectivity index (χ3v) is 6.00. The minimum Gasteiger partial charge on any atom is -0.348 e. The fraction of sp³-hybridized carbons (Fsp3) is 0.960. The van der Waals surface area contributed by atoms with Gasteiger partial charge in [-0.1, -0.05) is 104 Å². The summed E-state index contributed by atoms with van der Waals surface area (Å²) >= 11 is 0. The van der Waals surface area contributed by atoms with E-state index in [-0.39, 0.29) is 6.54 Å². The van der Waals surface area contributed by atoms with Crippen LogP contribution in [0.5, 0.6) is 0 Å². The first-order chi connectivity index (χ1) is 14.9. The molecule has 0 rings (SSSR count). The SMILES string of the molecule is CCCCCCCCCCCCCNCCC(CCCCC)CCNC(=O)C(F)(F)F. The van der Waals surface area contributed by atoms with Gasteiger partial charge in [0.15, 0.2) is 0 Å². The molecular formula is C25H49F3N2O. The van der Waals surface area contributed by atoms with E-state index in [9.17, 15) is 18.0 Å². The van der Waals surface area contributed by atoms with Crippen LogP contribution in [0.4, 0.5) is 13.2 Å². The first-order valence-electron chi connectivity index (χ1n) is 13.0. The van der Waals surface area contributed by atoms with Gasteiger partial charge in [-0.2, -0.15) is 13.2 Å². The maximum absolute atomic E-state index is 12.3. The summed E-state index contributed by atoms with van der Waals surface area (Å²) in [4.78, 5) is 11.0. The molecule has 31 heavy (non-hydrogen) atoms. The highest BCUT2D eigenvalue weighted by molar-refractivity contribution is 5.81. The van der Waals surface area contributed by atoms with E-state index in [1.807, 2.05) is 5.32 Å². The highest BCUT2D eigenvalue weighted by Gasteiger charge is 2.38. The Labute approximate surface area is 189 Å². The number of alkyl halides is 3. The maximum atomic E-state index is 12.3. The van der Waals surface area contributed by atoms with E-state index in [0.29, 0.717) is 12.3 Å². The minimum absolute atomic E-state index is 0.105. The van der Waals surface area contributed by atoms with Gasteiger partial charge in [-0.15, -0.1) is 0 Å². The summed E-state index contributed by atoms with van der Waals surface area (Å²) < 4.78 is 36.9. The zero-order chi connectivity index (χ0) is 23.2. The molecule has 0 aliphatic rings. The molecule has 1 unspecified atom stereocenters. The molecule has 186 valence electrons. The fourth-order valence-electron chi connectivity index (χ4n) is 3.95. The number of carbonyl (C=O) groups is 1. The van der Waals surface area contributed by atoms with Crippen molar-refractivity contribution >= 4 is 5.91 Å². The zero-order valence-corrected chi connectivity index (χ0v) is 20.3. The second-order valence-corrected chi connectivity index (χ2v) is 8.98. The summed E-state index contributed by atoms with van der Waals surface area (Å²) in [5.74, 6) is -1.46. The van der Waals surface area contributed by atoms with Gasteiger partial charge < -0.3 is 10.6 Å². The van der Waals surface area contributed by atoms with Crippen molar-refractivity contribution in [3.63, 3.8) is 0 Å². The smallest absolute Gasteiger partial charge is 0.348 e. The monoisotopic (exact) mass is 450 g/mol. The number of nitrogens with one attached hydrogen (secondary N) is 2. The summed E-state index contributed by atoms with van der Waals surface area (Å²) in [5, 5.41) is 5.50. The molecule has 0 saturated heterocycles. The Morgan fingerprint density at radius 2 is 1.13 bits per heavy atom. The molecule has 1 atom stereocenters. The standard InChI is InChI=1S/C25H49F3N2O/c1-3-5-7-8-9-10-11-12-13-14-16-20-29-21-18-23(17-15-6-4-2)19-22-30-24(31)25(26,27)28/h23,29H,3-22H2,1-2H3,(H,30,31). The Bertz CT molecular complexity index is 403. The molecule has 0 heterocycles. The van der Waals surface area contributed by atoms with Crippen molar-refractivity contribution in [3.8, 4) is 0 Å². The van der Waals surface area contributed by atoms with Crippen LogP contribution in [0.15, 0.2) is 0 Å². The van der Waals surface area contributed by atoms with Crippen molar-refractivity contribution < 1.29 is 18.0 Å². The van der Waals surface area contributed by atoms with Crippen LogP contribution < -0.4 is 10.6 Å². The Kier molecular flexibility index (Phi) is 20.6. The molecule has 6 heteroatoms. The Balaban J connectivity index is 3.69. The summed E-state index contributed by atoms with van der Waals surface area (Å²) in [7, 11) is 0. The number of halogens is 3. The molecule has 0 saturated carbocycles. The largest absolute Gasteiger partial charge is 0.471 e. The Morgan fingerprint density at radius 1 is 0.645 bits per heavy atom. The van der Waals surface area contributed by atoms with Crippen molar-refractivity contribution in [2.75, 3.05) is 19.6 Å². The molecule has 0 aromatic carbocycles. The summed E-state index contributed by atoms with van der Waals surface area (Å²) in [5.41, 5.74) is 0. The van der Waals surface area contributed by atoms with Crippen molar-refractivity contribution in [3.05, 3.63) is 0 Å². The van der Waals surface area contributed by atoms with E-state index in [0.717, 1.165) is 45.2 Å². The minimum atomic E-state index is -4.78. The first kappa shape index (κ1) is 30.2. The zero-order valence-electron chi connectivity index (χ0n) is 20.3. The summed E-state index contributed by atoms with van der Waals surface area (Å²) in [6.07, 6.45) is 15.9. The predicted octanol–water partition coefficient (Wildman–Crippen LogP) is 7.54. The van der Waals surface area contributed by atoms with Crippen LogP contribution in [0, 0.1) is 5.92 Å². The van der Waals surface area contributed by atoms with Gasteiger partial charge in [0, 0.05) is 6.54 Å². The highest BCUT2D eigenvalue weighted by Crippen LogP contribution is 2.18. The van der Waals surface area contributed by atoms with E-state index in [4.69, 9.17) is 0 Å². The fourth-order valence-corrected chi connectivity index (χ4v) is 3.95. The topological polar surface area (TPSA) is 41.1 Å². The van der Waals surface area contributed by atoms with Crippen LogP contribution in [-0.4, -0.2) is 31.7 Å². The lowest BCUT2D eigenvalue weighted by atomic mass is 9.94. The van der Waals surface area contributed by atoms with Gasteiger partial charge in [-0.25, -0.2) is 0 Å². The molecule has 0 fully saturated rings. The highest BCUT2D eigenvalue weighted by atomic mass is 19.4. The van der Waals surface area contributed by atoms with Gasteiger partial charge in [0.25, 0.3) is 0 Å². The number of rotatable bonds is 22.